The normalized spacial score (nSPS) is 9.80. The molecule has 2 aromatic rings. The molecule has 0 aliphatic heterocycles. The van der Waals surface area contributed by atoms with Gasteiger partial charge in [0.15, 0.2) is 0 Å². The van der Waals surface area contributed by atoms with Gasteiger partial charge in [0.1, 0.15) is 11.9 Å². The van der Waals surface area contributed by atoms with Gasteiger partial charge in [-0.15, -0.1) is 0 Å². The van der Waals surface area contributed by atoms with Gasteiger partial charge in [0, 0.05) is 11.4 Å². The van der Waals surface area contributed by atoms with E-state index in [9.17, 15) is 9.18 Å². The Morgan fingerprint density at radius 1 is 1.30 bits per heavy atom. The number of nitrogen functional groups attached to an aromatic ring is 1. The summed E-state index contributed by atoms with van der Waals surface area (Å²) in [5.74, 6) is -0.892. The highest BCUT2D eigenvalue weighted by Crippen LogP contribution is 2.16. The van der Waals surface area contributed by atoms with E-state index in [4.69, 9.17) is 11.0 Å². The zero-order chi connectivity index (χ0) is 14.5. The lowest BCUT2D eigenvalue weighted by atomic mass is 10.1. The molecule has 0 radical (unpaired) electrons. The molecular formula is C15H12FN3O. The molecule has 0 aromatic heterocycles. The monoisotopic (exact) mass is 269 g/mol. The fourth-order valence-electron chi connectivity index (χ4n) is 1.76. The van der Waals surface area contributed by atoms with Crippen LogP contribution in [0.5, 0.6) is 0 Å². The molecule has 0 aliphatic rings. The smallest absolute Gasteiger partial charge is 0.228 e. The second kappa shape index (κ2) is 5.85. The van der Waals surface area contributed by atoms with Crippen molar-refractivity contribution < 1.29 is 9.18 Å². The Balaban J connectivity index is 2.09. The maximum atomic E-state index is 13.2. The van der Waals surface area contributed by atoms with Crippen LogP contribution < -0.4 is 11.1 Å². The van der Waals surface area contributed by atoms with Gasteiger partial charge in [0.05, 0.1) is 12.0 Å². The van der Waals surface area contributed by atoms with Crippen LogP contribution in [0.1, 0.15) is 11.1 Å². The molecule has 2 rings (SSSR count). The number of nitriles is 1. The second-order valence-corrected chi connectivity index (χ2v) is 4.23. The number of amides is 1. The minimum atomic E-state index is -0.613. The Morgan fingerprint density at radius 2 is 2.05 bits per heavy atom. The molecule has 3 N–H and O–H groups in total. The summed E-state index contributed by atoms with van der Waals surface area (Å²) in [5.41, 5.74) is 7.28. The van der Waals surface area contributed by atoms with E-state index in [1.807, 2.05) is 0 Å². The molecule has 2 aromatic carbocycles. The number of nitrogens with zero attached hydrogens (tertiary/aromatic N) is 1. The van der Waals surface area contributed by atoms with Crippen LogP contribution >= 0.6 is 0 Å². The molecule has 20 heavy (non-hydrogen) atoms. The van der Waals surface area contributed by atoms with Crippen LogP contribution in [0.15, 0.2) is 42.5 Å². The second-order valence-electron chi connectivity index (χ2n) is 4.23. The summed E-state index contributed by atoms with van der Waals surface area (Å²) >= 11 is 0. The number of hydrogen-bond acceptors (Lipinski definition) is 3. The first-order chi connectivity index (χ1) is 9.60. The summed E-state index contributed by atoms with van der Waals surface area (Å²) in [6.07, 6.45) is 0.117. The first-order valence-corrected chi connectivity index (χ1v) is 5.93. The highest BCUT2D eigenvalue weighted by atomic mass is 19.1. The topological polar surface area (TPSA) is 78.9 Å². The number of halogens is 1. The molecule has 0 heterocycles. The summed E-state index contributed by atoms with van der Waals surface area (Å²) in [4.78, 5) is 11.9. The van der Waals surface area contributed by atoms with E-state index in [0.29, 0.717) is 16.9 Å². The van der Waals surface area contributed by atoms with Crippen molar-refractivity contribution in [2.45, 2.75) is 6.42 Å². The van der Waals surface area contributed by atoms with Gasteiger partial charge in [-0.25, -0.2) is 4.39 Å². The van der Waals surface area contributed by atoms with Gasteiger partial charge in [-0.1, -0.05) is 18.2 Å². The van der Waals surface area contributed by atoms with Gasteiger partial charge in [0.25, 0.3) is 0 Å². The van der Waals surface area contributed by atoms with Gasteiger partial charge in [-0.2, -0.15) is 5.26 Å². The van der Waals surface area contributed by atoms with Crippen molar-refractivity contribution in [2.24, 2.45) is 0 Å². The summed E-state index contributed by atoms with van der Waals surface area (Å²) in [6, 6.07) is 12.6. The summed E-state index contributed by atoms with van der Waals surface area (Å²) in [5, 5.41) is 11.3. The fraction of sp³-hybridized carbons (Fsp3) is 0.0667. The van der Waals surface area contributed by atoms with E-state index in [-0.39, 0.29) is 17.9 Å². The van der Waals surface area contributed by atoms with Crippen molar-refractivity contribution in [3.05, 3.63) is 59.4 Å². The number of carbonyl (C=O) groups is 1. The molecule has 1 amide bonds. The van der Waals surface area contributed by atoms with Crippen molar-refractivity contribution in [2.75, 3.05) is 11.1 Å². The molecule has 5 heteroatoms. The quantitative estimate of drug-likeness (QED) is 0.840. The number of anilines is 2. The Bertz CT molecular complexity index is 692. The van der Waals surface area contributed by atoms with Crippen molar-refractivity contribution in [3.8, 4) is 6.07 Å². The number of benzene rings is 2. The third kappa shape index (κ3) is 3.12. The van der Waals surface area contributed by atoms with Crippen LogP contribution in [-0.2, 0) is 11.2 Å². The molecule has 4 nitrogen and oxygen atoms in total. The van der Waals surface area contributed by atoms with Gasteiger partial charge in [0.2, 0.25) is 5.91 Å². The largest absolute Gasteiger partial charge is 0.398 e. The van der Waals surface area contributed by atoms with E-state index < -0.39 is 5.82 Å². The highest BCUT2D eigenvalue weighted by molar-refractivity contribution is 5.93. The van der Waals surface area contributed by atoms with Gasteiger partial charge < -0.3 is 11.1 Å². The predicted octanol–water partition coefficient (Wildman–Crippen LogP) is 2.46. The van der Waals surface area contributed by atoms with E-state index in [1.165, 1.54) is 12.1 Å². The number of para-hydroxylation sites is 1. The standard InChI is InChI=1S/C15H12FN3O/c16-13-6-5-12(7-11(13)9-17)19-15(20)8-10-3-1-2-4-14(10)18/h1-7H,8,18H2,(H,19,20). The summed E-state index contributed by atoms with van der Waals surface area (Å²) in [6.45, 7) is 0. The average molecular weight is 269 g/mol. The number of nitrogens with two attached hydrogens (primary N) is 1. The number of rotatable bonds is 3. The van der Waals surface area contributed by atoms with Gasteiger partial charge in [-0.05, 0) is 29.8 Å². The van der Waals surface area contributed by atoms with Crippen LogP contribution in [0.2, 0.25) is 0 Å². The first-order valence-electron chi connectivity index (χ1n) is 5.93. The number of nitrogens with one attached hydrogen (secondary N) is 1. The van der Waals surface area contributed by atoms with Crippen LogP contribution in [0.25, 0.3) is 0 Å². The molecule has 0 bridgehead atoms. The SMILES string of the molecule is N#Cc1cc(NC(=O)Cc2ccccc2N)ccc1F. The molecule has 100 valence electrons. The molecule has 0 saturated heterocycles. The molecular weight excluding hydrogens is 257 g/mol. The molecule has 0 atom stereocenters. The average Bonchev–Trinajstić information content (AvgIpc) is 2.43. The van der Waals surface area contributed by atoms with Crippen molar-refractivity contribution in [3.63, 3.8) is 0 Å². The molecule has 0 spiro atoms. The Morgan fingerprint density at radius 3 is 2.75 bits per heavy atom. The van der Waals surface area contributed by atoms with Crippen LogP contribution in [0.4, 0.5) is 15.8 Å². The molecule has 0 fully saturated rings. The van der Waals surface area contributed by atoms with E-state index >= 15 is 0 Å². The van der Waals surface area contributed by atoms with Crippen LogP contribution in [0.3, 0.4) is 0 Å². The zero-order valence-corrected chi connectivity index (χ0v) is 10.6. The van der Waals surface area contributed by atoms with Gasteiger partial charge >= 0.3 is 0 Å². The van der Waals surface area contributed by atoms with E-state index in [2.05, 4.69) is 5.32 Å². The van der Waals surface area contributed by atoms with Crippen molar-refractivity contribution in [1.82, 2.24) is 0 Å². The lowest BCUT2D eigenvalue weighted by Gasteiger charge is -2.07. The lowest BCUT2D eigenvalue weighted by Crippen LogP contribution is -2.15. The van der Waals surface area contributed by atoms with Crippen LogP contribution in [-0.4, -0.2) is 5.91 Å². The Hall–Kier alpha value is -2.87. The van der Waals surface area contributed by atoms with Crippen molar-refractivity contribution >= 4 is 17.3 Å². The predicted molar refractivity (Wildman–Crippen MR) is 74.3 cm³/mol. The van der Waals surface area contributed by atoms with Crippen molar-refractivity contribution in [1.29, 1.82) is 5.26 Å². The zero-order valence-electron chi connectivity index (χ0n) is 10.6. The fourth-order valence-corrected chi connectivity index (χ4v) is 1.76. The summed E-state index contributed by atoms with van der Waals surface area (Å²) < 4.78 is 13.2. The third-order valence-electron chi connectivity index (χ3n) is 2.78. The van der Waals surface area contributed by atoms with E-state index in [1.54, 1.807) is 30.3 Å². The molecule has 0 saturated carbocycles. The third-order valence-corrected chi connectivity index (χ3v) is 2.78. The Kier molecular flexibility index (Phi) is 3.96. The minimum Gasteiger partial charge on any atom is -0.398 e. The maximum Gasteiger partial charge on any atom is 0.228 e. The minimum absolute atomic E-state index is 0.109. The Labute approximate surface area is 115 Å². The number of carbonyl (C=O) groups excluding carboxylic acids is 1. The van der Waals surface area contributed by atoms with Gasteiger partial charge in [-0.3, -0.25) is 4.79 Å². The van der Waals surface area contributed by atoms with E-state index in [0.717, 1.165) is 6.07 Å². The molecule has 0 aliphatic carbocycles. The first kappa shape index (κ1) is 13.6. The highest BCUT2D eigenvalue weighted by Gasteiger charge is 2.08. The number of hydrogen-bond donors (Lipinski definition) is 2. The lowest BCUT2D eigenvalue weighted by molar-refractivity contribution is -0.115. The molecule has 0 unspecified atom stereocenters. The van der Waals surface area contributed by atoms with Crippen LogP contribution in [0, 0.1) is 17.1 Å². The maximum absolute atomic E-state index is 13.2. The summed E-state index contributed by atoms with van der Waals surface area (Å²) in [7, 11) is 0.